The Morgan fingerprint density at radius 2 is 1.00 bits per heavy atom. The van der Waals surface area contributed by atoms with Crippen molar-refractivity contribution in [2.24, 2.45) is 10.2 Å². The summed E-state index contributed by atoms with van der Waals surface area (Å²) in [5.41, 5.74) is 1.81. The standard InChI is InChI=1S/C24H20N2O2/c1-27-23-13-11-17-7-3-5-9-19(17)21(23)15-25-26-16-22-20-10-6-4-8-18(20)12-14-24(22)28-2/h3-16H,1-2H3. The quantitative estimate of drug-likeness (QED) is 0.347. The van der Waals surface area contributed by atoms with Crippen LogP contribution >= 0.6 is 0 Å². The lowest BCUT2D eigenvalue weighted by Gasteiger charge is -2.08. The van der Waals surface area contributed by atoms with Gasteiger partial charge in [-0.15, -0.1) is 0 Å². The van der Waals surface area contributed by atoms with Crippen LogP contribution in [0.1, 0.15) is 11.1 Å². The fourth-order valence-corrected chi connectivity index (χ4v) is 3.36. The molecular weight excluding hydrogens is 348 g/mol. The lowest BCUT2D eigenvalue weighted by atomic mass is 10.0. The zero-order chi connectivity index (χ0) is 19.3. The maximum Gasteiger partial charge on any atom is 0.128 e. The number of benzene rings is 4. The van der Waals surface area contributed by atoms with Gasteiger partial charge in [-0.1, -0.05) is 60.7 Å². The number of nitrogens with zero attached hydrogens (tertiary/aromatic N) is 2. The monoisotopic (exact) mass is 368 g/mol. The first kappa shape index (κ1) is 17.7. The predicted octanol–water partition coefficient (Wildman–Crippen LogP) is 5.46. The van der Waals surface area contributed by atoms with E-state index in [-0.39, 0.29) is 0 Å². The van der Waals surface area contributed by atoms with Crippen molar-refractivity contribution in [1.29, 1.82) is 0 Å². The molecule has 28 heavy (non-hydrogen) atoms. The van der Waals surface area contributed by atoms with Crippen LogP contribution in [0.2, 0.25) is 0 Å². The summed E-state index contributed by atoms with van der Waals surface area (Å²) in [6.45, 7) is 0. The molecule has 0 saturated heterocycles. The summed E-state index contributed by atoms with van der Waals surface area (Å²) in [6.07, 6.45) is 3.46. The topological polar surface area (TPSA) is 43.2 Å². The van der Waals surface area contributed by atoms with Gasteiger partial charge in [0, 0.05) is 11.1 Å². The molecule has 0 N–H and O–H groups in total. The molecule has 4 aromatic rings. The molecule has 0 unspecified atom stereocenters. The van der Waals surface area contributed by atoms with Gasteiger partial charge in [-0.3, -0.25) is 0 Å². The van der Waals surface area contributed by atoms with Crippen LogP contribution in [-0.4, -0.2) is 26.6 Å². The molecular formula is C24H20N2O2. The number of fused-ring (bicyclic) bond motifs is 2. The van der Waals surface area contributed by atoms with E-state index in [1.807, 2.05) is 48.5 Å². The van der Waals surface area contributed by atoms with Crippen molar-refractivity contribution < 1.29 is 9.47 Å². The van der Waals surface area contributed by atoms with Gasteiger partial charge in [0.25, 0.3) is 0 Å². The minimum Gasteiger partial charge on any atom is -0.496 e. The summed E-state index contributed by atoms with van der Waals surface area (Å²) in [5.74, 6) is 1.53. The highest BCUT2D eigenvalue weighted by Gasteiger charge is 2.07. The summed E-state index contributed by atoms with van der Waals surface area (Å²) < 4.78 is 11.0. The molecule has 0 bridgehead atoms. The lowest BCUT2D eigenvalue weighted by Crippen LogP contribution is -1.93. The van der Waals surface area contributed by atoms with E-state index in [9.17, 15) is 0 Å². The SMILES string of the molecule is COc1ccc2ccccc2c1C=NN=Cc1c(OC)ccc2ccccc12. The summed E-state index contributed by atoms with van der Waals surface area (Å²) >= 11 is 0. The van der Waals surface area contributed by atoms with Gasteiger partial charge in [0.1, 0.15) is 11.5 Å². The zero-order valence-electron chi connectivity index (χ0n) is 15.8. The molecule has 0 radical (unpaired) electrons. The van der Waals surface area contributed by atoms with Gasteiger partial charge < -0.3 is 9.47 Å². The smallest absolute Gasteiger partial charge is 0.128 e. The third-order valence-corrected chi connectivity index (χ3v) is 4.74. The van der Waals surface area contributed by atoms with E-state index < -0.39 is 0 Å². The minimum absolute atomic E-state index is 0.764. The maximum absolute atomic E-state index is 5.50. The fraction of sp³-hybridized carbons (Fsp3) is 0.0833. The number of methoxy groups -OCH3 is 2. The van der Waals surface area contributed by atoms with E-state index in [2.05, 4.69) is 34.5 Å². The molecule has 0 aromatic heterocycles. The van der Waals surface area contributed by atoms with Crippen LogP contribution in [0.4, 0.5) is 0 Å². The third kappa shape index (κ3) is 3.32. The molecule has 0 fully saturated rings. The van der Waals surface area contributed by atoms with Gasteiger partial charge in [-0.25, -0.2) is 0 Å². The first-order valence-electron chi connectivity index (χ1n) is 8.99. The van der Waals surface area contributed by atoms with Crippen LogP contribution in [0.15, 0.2) is 83.0 Å². The van der Waals surface area contributed by atoms with Crippen molar-refractivity contribution in [3.63, 3.8) is 0 Å². The number of rotatable bonds is 5. The molecule has 138 valence electrons. The average molecular weight is 368 g/mol. The normalized spacial score (nSPS) is 11.6. The lowest BCUT2D eigenvalue weighted by molar-refractivity contribution is 0.414. The first-order valence-corrected chi connectivity index (χ1v) is 8.99. The van der Waals surface area contributed by atoms with Crippen molar-refractivity contribution in [3.8, 4) is 11.5 Å². The van der Waals surface area contributed by atoms with Gasteiger partial charge in [-0.2, -0.15) is 10.2 Å². The summed E-state index contributed by atoms with van der Waals surface area (Å²) in [6, 6.07) is 24.2. The predicted molar refractivity (Wildman–Crippen MR) is 116 cm³/mol. The highest BCUT2D eigenvalue weighted by molar-refractivity contribution is 6.04. The second kappa shape index (κ2) is 7.92. The van der Waals surface area contributed by atoms with Gasteiger partial charge >= 0.3 is 0 Å². The van der Waals surface area contributed by atoms with E-state index in [4.69, 9.17) is 9.47 Å². The Bertz CT molecular complexity index is 1100. The molecule has 0 amide bonds. The second-order valence-electron chi connectivity index (χ2n) is 6.29. The highest BCUT2D eigenvalue weighted by atomic mass is 16.5. The minimum atomic E-state index is 0.764. The summed E-state index contributed by atoms with van der Waals surface area (Å²) in [7, 11) is 3.32. The molecule has 4 nitrogen and oxygen atoms in total. The van der Waals surface area contributed by atoms with Crippen LogP contribution in [0.5, 0.6) is 11.5 Å². The Kier molecular flexibility index (Phi) is 5.02. The molecule has 4 heteroatoms. The Morgan fingerprint density at radius 1 is 0.571 bits per heavy atom. The molecule has 4 rings (SSSR count). The first-order chi connectivity index (χ1) is 13.8. The molecule has 4 aromatic carbocycles. The number of ether oxygens (including phenoxy) is 2. The van der Waals surface area contributed by atoms with E-state index >= 15 is 0 Å². The zero-order valence-corrected chi connectivity index (χ0v) is 15.8. The maximum atomic E-state index is 5.50. The van der Waals surface area contributed by atoms with Gasteiger partial charge in [0.15, 0.2) is 0 Å². The van der Waals surface area contributed by atoms with Crippen molar-refractivity contribution in [2.45, 2.75) is 0 Å². The summed E-state index contributed by atoms with van der Waals surface area (Å²) in [4.78, 5) is 0. The molecule has 0 aliphatic rings. The van der Waals surface area contributed by atoms with Crippen LogP contribution in [0.25, 0.3) is 21.5 Å². The summed E-state index contributed by atoms with van der Waals surface area (Å²) in [5, 5.41) is 13.0. The molecule has 0 heterocycles. The van der Waals surface area contributed by atoms with Crippen LogP contribution < -0.4 is 9.47 Å². The molecule has 0 aliphatic carbocycles. The van der Waals surface area contributed by atoms with Crippen molar-refractivity contribution in [1.82, 2.24) is 0 Å². The van der Waals surface area contributed by atoms with E-state index in [0.717, 1.165) is 44.2 Å². The van der Waals surface area contributed by atoms with Crippen LogP contribution in [0.3, 0.4) is 0 Å². The Labute approximate surface area is 163 Å². The molecule has 0 aliphatic heterocycles. The average Bonchev–Trinajstić information content (AvgIpc) is 2.76. The van der Waals surface area contributed by atoms with Crippen LogP contribution in [0, 0.1) is 0 Å². The highest BCUT2D eigenvalue weighted by Crippen LogP contribution is 2.27. The fourth-order valence-electron chi connectivity index (χ4n) is 3.36. The molecule has 0 saturated carbocycles. The Balaban J connectivity index is 1.73. The van der Waals surface area contributed by atoms with Crippen molar-refractivity contribution >= 4 is 34.0 Å². The van der Waals surface area contributed by atoms with Crippen LogP contribution in [-0.2, 0) is 0 Å². The van der Waals surface area contributed by atoms with E-state index in [1.54, 1.807) is 26.6 Å². The molecule has 0 spiro atoms. The van der Waals surface area contributed by atoms with Gasteiger partial charge in [0.2, 0.25) is 0 Å². The van der Waals surface area contributed by atoms with E-state index in [0.29, 0.717) is 0 Å². The second-order valence-corrected chi connectivity index (χ2v) is 6.29. The van der Waals surface area contributed by atoms with Crippen molar-refractivity contribution in [3.05, 3.63) is 83.9 Å². The van der Waals surface area contributed by atoms with E-state index in [1.165, 1.54) is 0 Å². The number of hydrogen-bond donors (Lipinski definition) is 0. The number of hydrogen-bond acceptors (Lipinski definition) is 4. The van der Waals surface area contributed by atoms with Crippen molar-refractivity contribution in [2.75, 3.05) is 14.2 Å². The Morgan fingerprint density at radius 3 is 1.43 bits per heavy atom. The van der Waals surface area contributed by atoms with Gasteiger partial charge in [0.05, 0.1) is 26.6 Å². The Hall–Kier alpha value is -3.66. The molecule has 0 atom stereocenters. The third-order valence-electron chi connectivity index (χ3n) is 4.74. The van der Waals surface area contributed by atoms with Gasteiger partial charge in [-0.05, 0) is 33.7 Å². The largest absolute Gasteiger partial charge is 0.496 e.